The van der Waals surface area contributed by atoms with Crippen molar-refractivity contribution in [2.45, 2.75) is 0 Å². The molecule has 0 unspecified atom stereocenters. The number of carbonyl (C=O) groups is 3. The second-order valence-corrected chi connectivity index (χ2v) is 3.96. The van der Waals surface area contributed by atoms with Crippen molar-refractivity contribution in [3.8, 4) is 0 Å². The summed E-state index contributed by atoms with van der Waals surface area (Å²) in [5.41, 5.74) is -0.357. The van der Waals surface area contributed by atoms with Gasteiger partial charge in [-0.3, -0.25) is 29.4 Å². The molecule has 8 heteroatoms. The molecule has 0 spiro atoms. The molecule has 0 fully saturated rings. The van der Waals surface area contributed by atoms with Gasteiger partial charge < -0.3 is 0 Å². The van der Waals surface area contributed by atoms with Crippen LogP contribution in [0, 0.1) is 10.1 Å². The third-order valence-corrected chi connectivity index (χ3v) is 2.57. The first-order valence-electron chi connectivity index (χ1n) is 4.75. The lowest BCUT2D eigenvalue weighted by Crippen LogP contribution is -2.33. The predicted octanol–water partition coefficient (Wildman–Crippen LogP) is 0.956. The number of rotatable bonds is 3. The lowest BCUT2D eigenvalue weighted by atomic mass is 10.1. The van der Waals surface area contributed by atoms with Gasteiger partial charge >= 0.3 is 0 Å². The quantitative estimate of drug-likeness (QED) is 0.352. The number of halogens is 1. The summed E-state index contributed by atoms with van der Waals surface area (Å²) in [5, 5.41) is 9.71. The summed E-state index contributed by atoms with van der Waals surface area (Å²) in [5.74, 6) is -1.44. The maximum absolute atomic E-state index is 11.8. The number of non-ortho nitro benzene ring substituents is 1. The van der Waals surface area contributed by atoms with E-state index in [0.29, 0.717) is 4.90 Å². The van der Waals surface area contributed by atoms with Gasteiger partial charge in [-0.25, -0.2) is 0 Å². The van der Waals surface area contributed by atoms with Crippen molar-refractivity contribution < 1.29 is 19.3 Å². The number of nitro groups is 1. The summed E-state index contributed by atoms with van der Waals surface area (Å²) >= 11 is 5.12. The van der Waals surface area contributed by atoms with E-state index >= 15 is 0 Å². The van der Waals surface area contributed by atoms with Gasteiger partial charge in [-0.1, -0.05) is 0 Å². The third-order valence-electron chi connectivity index (χ3n) is 2.45. The van der Waals surface area contributed by atoms with E-state index in [0.717, 1.165) is 12.1 Å². The van der Waals surface area contributed by atoms with E-state index in [2.05, 4.69) is 0 Å². The van der Waals surface area contributed by atoms with Crippen molar-refractivity contribution >= 4 is 34.3 Å². The lowest BCUT2D eigenvalue weighted by Gasteiger charge is -2.09. The zero-order chi connectivity index (χ0) is 13.4. The van der Waals surface area contributed by atoms with Crippen LogP contribution in [-0.4, -0.2) is 33.4 Å². The van der Waals surface area contributed by atoms with Crippen molar-refractivity contribution in [1.29, 1.82) is 0 Å². The monoisotopic (exact) mass is 268 g/mol. The molecule has 0 saturated heterocycles. The summed E-state index contributed by atoms with van der Waals surface area (Å²) in [4.78, 5) is 44.8. The van der Waals surface area contributed by atoms with E-state index in [1.165, 1.54) is 6.07 Å². The van der Waals surface area contributed by atoms with Crippen molar-refractivity contribution in [2.75, 3.05) is 6.54 Å². The minimum Gasteiger partial charge on any atom is -0.279 e. The van der Waals surface area contributed by atoms with Crippen LogP contribution < -0.4 is 0 Å². The Hall–Kier alpha value is -2.28. The highest BCUT2D eigenvalue weighted by atomic mass is 35.5. The molecule has 0 saturated carbocycles. The molecule has 2 rings (SSSR count). The van der Waals surface area contributed by atoms with Gasteiger partial charge in [0.2, 0.25) is 5.24 Å². The molecular formula is C10H5ClN2O5. The molecule has 1 aromatic rings. The summed E-state index contributed by atoms with van der Waals surface area (Å²) in [7, 11) is 0. The molecule has 0 radical (unpaired) electrons. The van der Waals surface area contributed by atoms with Crippen LogP contribution >= 0.6 is 11.6 Å². The van der Waals surface area contributed by atoms with Crippen LogP contribution in [0.5, 0.6) is 0 Å². The van der Waals surface area contributed by atoms with Gasteiger partial charge in [0.1, 0.15) is 6.54 Å². The van der Waals surface area contributed by atoms with Crippen LogP contribution in [0.1, 0.15) is 20.7 Å². The number of fused-ring (bicyclic) bond motifs is 1. The standard InChI is InChI=1S/C10H5ClN2O5/c11-8(14)4-12-9(15)6-2-1-5(13(17)18)3-7(6)10(12)16/h1-3H,4H2. The van der Waals surface area contributed by atoms with Crippen molar-refractivity contribution in [2.24, 2.45) is 0 Å². The van der Waals surface area contributed by atoms with Gasteiger partial charge in [0.05, 0.1) is 16.1 Å². The molecule has 7 nitrogen and oxygen atoms in total. The Labute approximate surface area is 105 Å². The van der Waals surface area contributed by atoms with Crippen LogP contribution in [-0.2, 0) is 4.79 Å². The summed E-state index contributed by atoms with van der Waals surface area (Å²) in [6, 6.07) is 3.32. The number of nitro benzene ring substituents is 1. The molecule has 92 valence electrons. The van der Waals surface area contributed by atoms with E-state index < -0.39 is 28.5 Å². The lowest BCUT2D eigenvalue weighted by molar-refractivity contribution is -0.384. The van der Waals surface area contributed by atoms with E-state index in [1.54, 1.807) is 0 Å². The summed E-state index contributed by atoms with van der Waals surface area (Å²) < 4.78 is 0. The van der Waals surface area contributed by atoms with Gasteiger partial charge in [0.25, 0.3) is 17.5 Å². The van der Waals surface area contributed by atoms with Crippen LogP contribution in [0.4, 0.5) is 5.69 Å². The normalized spacial score (nSPS) is 13.7. The minimum atomic E-state index is -0.862. The van der Waals surface area contributed by atoms with E-state index in [1.807, 2.05) is 0 Å². The van der Waals surface area contributed by atoms with Crippen molar-refractivity contribution in [1.82, 2.24) is 4.90 Å². The van der Waals surface area contributed by atoms with Crippen LogP contribution in [0.15, 0.2) is 18.2 Å². The Balaban J connectivity index is 2.45. The first kappa shape index (κ1) is 12.2. The second-order valence-electron chi connectivity index (χ2n) is 3.54. The largest absolute Gasteiger partial charge is 0.279 e. The third kappa shape index (κ3) is 1.84. The molecule has 0 bridgehead atoms. The molecular weight excluding hydrogens is 264 g/mol. The minimum absolute atomic E-state index is 0.0310. The number of imide groups is 1. The highest BCUT2D eigenvalue weighted by Gasteiger charge is 2.37. The zero-order valence-electron chi connectivity index (χ0n) is 8.75. The molecule has 1 aromatic carbocycles. The van der Waals surface area contributed by atoms with Crippen LogP contribution in [0.25, 0.3) is 0 Å². The Kier molecular flexibility index (Phi) is 2.84. The zero-order valence-corrected chi connectivity index (χ0v) is 9.51. The summed E-state index contributed by atoms with van der Waals surface area (Å²) in [6.45, 7) is -0.554. The first-order valence-corrected chi connectivity index (χ1v) is 5.12. The number of hydrogen-bond acceptors (Lipinski definition) is 5. The summed E-state index contributed by atoms with van der Waals surface area (Å²) in [6.07, 6.45) is 0. The van der Waals surface area contributed by atoms with E-state index in [4.69, 9.17) is 11.6 Å². The number of benzene rings is 1. The number of amides is 2. The van der Waals surface area contributed by atoms with Crippen molar-refractivity contribution in [3.05, 3.63) is 39.4 Å². The van der Waals surface area contributed by atoms with E-state index in [9.17, 15) is 24.5 Å². The van der Waals surface area contributed by atoms with Gasteiger partial charge in [-0.15, -0.1) is 0 Å². The average Bonchev–Trinajstić information content (AvgIpc) is 2.53. The molecule has 1 heterocycles. The van der Waals surface area contributed by atoms with Gasteiger partial charge in [-0.2, -0.15) is 0 Å². The SMILES string of the molecule is O=C(Cl)CN1C(=O)c2ccc([N+](=O)[O-])cc2C1=O. The van der Waals surface area contributed by atoms with Crippen LogP contribution in [0.2, 0.25) is 0 Å². The highest BCUT2D eigenvalue weighted by Crippen LogP contribution is 2.26. The number of hydrogen-bond donors (Lipinski definition) is 0. The smallest absolute Gasteiger partial charge is 0.270 e. The molecule has 2 amide bonds. The fourth-order valence-corrected chi connectivity index (χ4v) is 1.78. The molecule has 0 aromatic heterocycles. The first-order chi connectivity index (χ1) is 8.41. The molecule has 0 N–H and O–H groups in total. The molecule has 18 heavy (non-hydrogen) atoms. The maximum atomic E-state index is 11.8. The van der Waals surface area contributed by atoms with Crippen LogP contribution in [0.3, 0.4) is 0 Å². The number of carbonyl (C=O) groups excluding carboxylic acids is 3. The molecule has 0 atom stereocenters. The van der Waals surface area contributed by atoms with Gasteiger partial charge in [0, 0.05) is 12.1 Å². The van der Waals surface area contributed by atoms with Gasteiger partial charge in [0.15, 0.2) is 0 Å². The maximum Gasteiger partial charge on any atom is 0.270 e. The number of nitrogens with zero attached hydrogens (tertiary/aromatic N) is 2. The fourth-order valence-electron chi connectivity index (χ4n) is 1.66. The molecule has 1 aliphatic heterocycles. The highest BCUT2D eigenvalue weighted by molar-refractivity contribution is 6.64. The van der Waals surface area contributed by atoms with E-state index in [-0.39, 0.29) is 16.8 Å². The average molecular weight is 269 g/mol. The van der Waals surface area contributed by atoms with Crippen molar-refractivity contribution in [3.63, 3.8) is 0 Å². The fraction of sp³-hybridized carbons (Fsp3) is 0.100. The Morgan fingerprint density at radius 1 is 1.28 bits per heavy atom. The van der Waals surface area contributed by atoms with Gasteiger partial charge in [-0.05, 0) is 17.7 Å². The Bertz CT molecular complexity index is 598. The Morgan fingerprint density at radius 3 is 2.44 bits per heavy atom. The molecule has 0 aliphatic carbocycles. The topological polar surface area (TPSA) is 97.6 Å². The second kappa shape index (κ2) is 4.19. The molecule has 1 aliphatic rings. The Morgan fingerprint density at radius 2 is 1.89 bits per heavy atom. The predicted molar refractivity (Wildman–Crippen MR) is 59.3 cm³/mol.